The minimum atomic E-state index is -4.95. The van der Waals surface area contributed by atoms with E-state index in [1.165, 1.54) is 154 Å². The molecule has 0 heterocycles. The summed E-state index contributed by atoms with van der Waals surface area (Å²) in [6.45, 7) is 9.38. The Morgan fingerprint density at radius 2 is 0.586 bits per heavy atom. The number of aliphatic hydroxyl groups excluding tert-OH is 1. The van der Waals surface area contributed by atoms with Gasteiger partial charge in [0.15, 0.2) is 12.2 Å². The molecule has 87 heavy (non-hydrogen) atoms. The first-order valence-corrected chi connectivity index (χ1v) is 38.5. The Morgan fingerprint density at radius 3 is 0.874 bits per heavy atom. The number of esters is 4. The number of phosphoric acid groups is 2. The second-order valence-corrected chi connectivity index (χ2v) is 28.2. The molecule has 0 aliphatic rings. The second kappa shape index (κ2) is 60.3. The first kappa shape index (κ1) is 85.1. The van der Waals surface area contributed by atoms with E-state index in [1.807, 2.05) is 0 Å². The van der Waals surface area contributed by atoms with E-state index in [4.69, 9.17) is 37.0 Å². The Kier molecular flexibility index (Phi) is 59.0. The van der Waals surface area contributed by atoms with Gasteiger partial charge in [0, 0.05) is 25.7 Å². The summed E-state index contributed by atoms with van der Waals surface area (Å²) >= 11 is 0. The van der Waals surface area contributed by atoms with E-state index in [-0.39, 0.29) is 25.7 Å². The number of unbranched alkanes of at least 4 members (excludes halogenated alkanes) is 36. The van der Waals surface area contributed by atoms with Crippen LogP contribution in [0.2, 0.25) is 0 Å². The van der Waals surface area contributed by atoms with Crippen molar-refractivity contribution in [3.05, 3.63) is 0 Å². The molecule has 0 amide bonds. The number of hydrogen-bond acceptors (Lipinski definition) is 15. The molecule has 0 aliphatic heterocycles. The number of rotatable bonds is 67. The minimum Gasteiger partial charge on any atom is -0.462 e. The van der Waals surface area contributed by atoms with Gasteiger partial charge in [0.2, 0.25) is 0 Å². The monoisotopic (exact) mass is 1280 g/mol. The SMILES string of the molecule is CCCCCCCCCCCCCCCCCCCCCC(=O)O[C@H](COC(=O)CCCCCCCCCCCCC(C)C)COP(=O)(O)OC[C@@H](O)COP(=O)(O)OC[C@@H](COC(=O)CCCCCCC)OC(=O)CCCCCCCCC(C)CC. The van der Waals surface area contributed by atoms with Gasteiger partial charge < -0.3 is 33.8 Å². The summed E-state index contributed by atoms with van der Waals surface area (Å²) in [6, 6.07) is 0. The third-order valence-electron chi connectivity index (χ3n) is 16.1. The molecular formula is C68H132O17P2. The number of hydrogen-bond donors (Lipinski definition) is 3. The zero-order valence-corrected chi connectivity index (χ0v) is 58.1. The Labute approximate surface area is 530 Å². The molecule has 3 unspecified atom stereocenters. The first-order chi connectivity index (χ1) is 41.9. The maximum Gasteiger partial charge on any atom is 0.472 e. The molecule has 0 fully saturated rings. The molecule has 0 radical (unpaired) electrons. The normalized spacial score (nSPS) is 14.5. The zero-order valence-electron chi connectivity index (χ0n) is 56.3. The molecule has 0 aromatic heterocycles. The van der Waals surface area contributed by atoms with Gasteiger partial charge in [0.25, 0.3) is 0 Å². The maximum atomic E-state index is 13.0. The van der Waals surface area contributed by atoms with E-state index >= 15 is 0 Å². The van der Waals surface area contributed by atoms with E-state index in [1.54, 1.807) is 0 Å². The molecule has 0 rings (SSSR count). The Bertz CT molecular complexity index is 1700. The quantitative estimate of drug-likeness (QED) is 0.0222. The van der Waals surface area contributed by atoms with Crippen LogP contribution >= 0.6 is 15.6 Å². The molecule has 17 nitrogen and oxygen atoms in total. The third kappa shape index (κ3) is 61.3. The van der Waals surface area contributed by atoms with Gasteiger partial charge in [-0.1, -0.05) is 292 Å². The van der Waals surface area contributed by atoms with Gasteiger partial charge in [-0.3, -0.25) is 37.3 Å². The molecule has 0 aliphatic carbocycles. The lowest BCUT2D eigenvalue weighted by molar-refractivity contribution is -0.161. The molecular weight excluding hydrogens is 1150 g/mol. The van der Waals surface area contributed by atoms with Gasteiger partial charge in [0.1, 0.15) is 19.3 Å². The predicted molar refractivity (Wildman–Crippen MR) is 349 cm³/mol. The largest absolute Gasteiger partial charge is 0.472 e. The topological polar surface area (TPSA) is 237 Å². The zero-order chi connectivity index (χ0) is 64.3. The van der Waals surface area contributed by atoms with Crippen LogP contribution in [0.25, 0.3) is 0 Å². The van der Waals surface area contributed by atoms with E-state index in [2.05, 4.69) is 41.5 Å². The number of aliphatic hydroxyl groups is 1. The molecule has 0 saturated heterocycles. The fourth-order valence-electron chi connectivity index (χ4n) is 10.2. The number of carbonyl (C=O) groups is 4. The Hall–Kier alpha value is -1.94. The molecule has 0 aromatic rings. The molecule has 19 heteroatoms. The Balaban J connectivity index is 5.14. The van der Waals surface area contributed by atoms with Gasteiger partial charge in [-0.05, 0) is 37.5 Å². The lowest BCUT2D eigenvalue weighted by atomic mass is 10.00. The fraction of sp³-hybridized carbons (Fsp3) is 0.941. The fourth-order valence-corrected chi connectivity index (χ4v) is 11.8. The van der Waals surface area contributed by atoms with E-state index in [9.17, 15) is 43.2 Å². The van der Waals surface area contributed by atoms with Gasteiger partial charge in [0.05, 0.1) is 26.4 Å². The highest BCUT2D eigenvalue weighted by molar-refractivity contribution is 7.47. The van der Waals surface area contributed by atoms with Gasteiger partial charge in [-0.15, -0.1) is 0 Å². The summed E-state index contributed by atoms with van der Waals surface area (Å²) in [5.74, 6) is -0.662. The van der Waals surface area contributed by atoms with Crippen molar-refractivity contribution < 1.29 is 80.2 Å². The van der Waals surface area contributed by atoms with Crippen molar-refractivity contribution in [3.63, 3.8) is 0 Å². The standard InChI is InChI=1S/C68H132O17P2/c1-7-10-12-14-15-16-17-18-19-20-21-22-23-24-25-30-33-40-46-52-67(72)84-64(57-79-66(71)51-45-39-32-29-27-26-28-31-37-42-48-60(4)5)59-83-87(76,77)81-55-62(69)54-80-86(74,75)82-58-63(56-78-65(70)50-44-36-13-11-8-2)85-68(73)53-47-41-35-34-38-43-49-61(6)9-3/h60-64,69H,7-59H2,1-6H3,(H,74,75)(H,76,77)/t61?,62-,63+,64+/m0/s1. The average molecular weight is 1280 g/mol. The Morgan fingerprint density at radius 1 is 0.333 bits per heavy atom. The van der Waals surface area contributed by atoms with Gasteiger partial charge in [-0.2, -0.15) is 0 Å². The highest BCUT2D eigenvalue weighted by Gasteiger charge is 2.30. The van der Waals surface area contributed by atoms with Crippen molar-refractivity contribution in [3.8, 4) is 0 Å². The summed E-state index contributed by atoms with van der Waals surface area (Å²) in [4.78, 5) is 72.1. The van der Waals surface area contributed by atoms with Crippen LogP contribution in [0.3, 0.4) is 0 Å². The van der Waals surface area contributed by atoms with Crippen LogP contribution < -0.4 is 0 Å². The number of phosphoric ester groups is 2. The lowest BCUT2D eigenvalue weighted by Gasteiger charge is -2.21. The van der Waals surface area contributed by atoms with Crippen LogP contribution in [0.4, 0.5) is 0 Å². The van der Waals surface area contributed by atoms with Gasteiger partial charge in [-0.25, -0.2) is 9.13 Å². The van der Waals surface area contributed by atoms with E-state index in [0.29, 0.717) is 25.7 Å². The summed E-state index contributed by atoms with van der Waals surface area (Å²) in [6.07, 6.45) is 45.0. The average Bonchev–Trinajstić information content (AvgIpc) is 3.69. The molecule has 0 spiro atoms. The summed E-state index contributed by atoms with van der Waals surface area (Å²) in [5.41, 5.74) is 0. The molecule has 516 valence electrons. The number of carbonyl (C=O) groups excluding carboxylic acids is 4. The van der Waals surface area contributed by atoms with Crippen LogP contribution in [-0.4, -0.2) is 96.7 Å². The van der Waals surface area contributed by atoms with E-state index < -0.39 is 97.5 Å². The van der Waals surface area contributed by atoms with Crippen molar-refractivity contribution in [1.82, 2.24) is 0 Å². The second-order valence-electron chi connectivity index (χ2n) is 25.3. The van der Waals surface area contributed by atoms with Crippen molar-refractivity contribution in [2.24, 2.45) is 11.8 Å². The third-order valence-corrected chi connectivity index (χ3v) is 18.0. The van der Waals surface area contributed by atoms with Crippen molar-refractivity contribution in [2.45, 2.75) is 362 Å². The van der Waals surface area contributed by atoms with E-state index in [0.717, 1.165) is 108 Å². The van der Waals surface area contributed by atoms with Crippen LogP contribution in [0.1, 0.15) is 343 Å². The smallest absolute Gasteiger partial charge is 0.462 e. The lowest BCUT2D eigenvalue weighted by Crippen LogP contribution is -2.30. The molecule has 0 aromatic carbocycles. The van der Waals surface area contributed by atoms with Crippen LogP contribution in [0, 0.1) is 11.8 Å². The first-order valence-electron chi connectivity index (χ1n) is 35.5. The van der Waals surface area contributed by atoms with Crippen LogP contribution in [0.5, 0.6) is 0 Å². The summed E-state index contributed by atoms with van der Waals surface area (Å²) in [5, 5.41) is 10.5. The molecule has 3 N–H and O–H groups in total. The molecule has 0 bridgehead atoms. The minimum absolute atomic E-state index is 0.102. The summed E-state index contributed by atoms with van der Waals surface area (Å²) in [7, 11) is -9.89. The highest BCUT2D eigenvalue weighted by Crippen LogP contribution is 2.45. The van der Waals surface area contributed by atoms with Gasteiger partial charge >= 0.3 is 39.5 Å². The van der Waals surface area contributed by atoms with Crippen molar-refractivity contribution >= 4 is 39.5 Å². The highest BCUT2D eigenvalue weighted by atomic mass is 31.2. The number of ether oxygens (including phenoxy) is 4. The summed E-state index contributed by atoms with van der Waals surface area (Å²) < 4.78 is 68.0. The van der Waals surface area contributed by atoms with Crippen LogP contribution in [0.15, 0.2) is 0 Å². The molecule has 0 saturated carbocycles. The van der Waals surface area contributed by atoms with Crippen molar-refractivity contribution in [1.29, 1.82) is 0 Å². The molecule has 6 atom stereocenters. The predicted octanol–water partition coefficient (Wildman–Crippen LogP) is 19.2. The maximum absolute atomic E-state index is 13.0. The van der Waals surface area contributed by atoms with Crippen molar-refractivity contribution in [2.75, 3.05) is 39.6 Å². The van der Waals surface area contributed by atoms with Crippen LogP contribution in [-0.2, 0) is 65.4 Å².